The van der Waals surface area contributed by atoms with Crippen molar-refractivity contribution >= 4 is 11.7 Å². The zero-order valence-corrected chi connectivity index (χ0v) is 19.5. The second-order valence-corrected chi connectivity index (χ2v) is 9.27. The van der Waals surface area contributed by atoms with Crippen LogP contribution in [0.1, 0.15) is 35.8 Å². The van der Waals surface area contributed by atoms with Gasteiger partial charge in [-0.2, -0.15) is 5.10 Å². The van der Waals surface area contributed by atoms with Crippen LogP contribution in [0.5, 0.6) is 5.75 Å². The molecule has 3 heterocycles. The number of benzene rings is 2. The molecule has 8 nitrogen and oxygen atoms in total. The molecule has 2 unspecified atom stereocenters. The number of rotatable bonds is 6. The Labute approximate surface area is 204 Å². The number of nitrogens with zero attached hydrogens (tertiary/aromatic N) is 3. The van der Waals surface area contributed by atoms with Crippen molar-refractivity contribution in [3.63, 3.8) is 0 Å². The maximum absolute atomic E-state index is 12.3. The van der Waals surface area contributed by atoms with Crippen LogP contribution < -0.4 is 15.0 Å². The van der Waals surface area contributed by atoms with Gasteiger partial charge in [-0.1, -0.05) is 48.5 Å². The van der Waals surface area contributed by atoms with E-state index < -0.39 is 17.8 Å². The Morgan fingerprint density at radius 1 is 1.06 bits per heavy atom. The van der Waals surface area contributed by atoms with Gasteiger partial charge in [0, 0.05) is 38.9 Å². The number of hydrogen-bond donors (Lipinski definition) is 3. The first-order chi connectivity index (χ1) is 17.0. The molecular formula is C27H30N4O4. The summed E-state index contributed by atoms with van der Waals surface area (Å²) in [7, 11) is 0. The molecule has 2 aliphatic rings. The van der Waals surface area contributed by atoms with E-state index in [0.717, 1.165) is 22.7 Å². The van der Waals surface area contributed by atoms with Crippen molar-refractivity contribution in [2.24, 2.45) is 0 Å². The second-order valence-electron chi connectivity index (χ2n) is 9.27. The van der Waals surface area contributed by atoms with E-state index in [1.807, 2.05) is 66.7 Å². The van der Waals surface area contributed by atoms with E-state index >= 15 is 0 Å². The molecule has 0 bridgehead atoms. The molecule has 2 aromatic carbocycles. The Morgan fingerprint density at radius 2 is 1.80 bits per heavy atom. The number of fused-ring (bicyclic) bond motifs is 1. The molecule has 1 amide bonds. The summed E-state index contributed by atoms with van der Waals surface area (Å²) >= 11 is 0. The average Bonchev–Trinajstić information content (AvgIpc) is 2.89. The van der Waals surface area contributed by atoms with Gasteiger partial charge in [0.25, 0.3) is 0 Å². The van der Waals surface area contributed by atoms with Crippen LogP contribution in [-0.2, 0) is 17.6 Å². The molecule has 182 valence electrons. The minimum absolute atomic E-state index is 0.0946. The molecule has 3 N–H and O–H groups in total. The topological polar surface area (TPSA) is 108 Å². The number of para-hydroxylation sites is 1. The molecule has 1 spiro atoms. The van der Waals surface area contributed by atoms with Crippen molar-refractivity contribution in [1.29, 1.82) is 0 Å². The van der Waals surface area contributed by atoms with E-state index in [4.69, 9.17) is 4.74 Å². The Kier molecular flexibility index (Phi) is 6.66. The first-order valence-electron chi connectivity index (χ1n) is 12.0. The number of ether oxygens (including phenoxy) is 1. The number of aromatic nitrogens is 2. The number of piperidine rings is 1. The van der Waals surface area contributed by atoms with Crippen LogP contribution in [-0.4, -0.2) is 57.7 Å². The lowest BCUT2D eigenvalue weighted by molar-refractivity contribution is -0.121. The normalized spacial score (nSPS) is 19.5. The predicted octanol–water partition coefficient (Wildman–Crippen LogP) is 2.20. The highest BCUT2D eigenvalue weighted by Gasteiger charge is 2.46. The van der Waals surface area contributed by atoms with Crippen LogP contribution >= 0.6 is 0 Å². The molecular weight excluding hydrogens is 444 g/mol. The van der Waals surface area contributed by atoms with Crippen LogP contribution in [0.4, 0.5) is 5.82 Å². The zero-order chi connectivity index (χ0) is 24.3. The summed E-state index contributed by atoms with van der Waals surface area (Å²) < 4.78 is 6.31. The van der Waals surface area contributed by atoms with E-state index in [9.17, 15) is 15.0 Å². The van der Waals surface area contributed by atoms with Crippen molar-refractivity contribution in [3.05, 3.63) is 83.6 Å². The summed E-state index contributed by atoms with van der Waals surface area (Å²) in [6.45, 7) is 1.54. The van der Waals surface area contributed by atoms with Gasteiger partial charge in [-0.05, 0) is 29.3 Å². The summed E-state index contributed by atoms with van der Waals surface area (Å²) in [5.41, 5.74) is 1.81. The van der Waals surface area contributed by atoms with Gasteiger partial charge in [0.05, 0.1) is 24.3 Å². The molecule has 1 aromatic heterocycles. The first-order valence-corrected chi connectivity index (χ1v) is 12.0. The summed E-state index contributed by atoms with van der Waals surface area (Å²) in [6, 6.07) is 20.8. The quantitative estimate of drug-likeness (QED) is 0.503. The monoisotopic (exact) mass is 474 g/mol. The summed E-state index contributed by atoms with van der Waals surface area (Å²) in [6.07, 6.45) is 0.797. The summed E-state index contributed by atoms with van der Waals surface area (Å²) in [5, 5.41) is 32.3. The molecule has 1 fully saturated rings. The molecule has 0 aliphatic carbocycles. The van der Waals surface area contributed by atoms with Crippen LogP contribution in [0, 0.1) is 0 Å². The van der Waals surface area contributed by atoms with Gasteiger partial charge in [-0.25, -0.2) is 0 Å². The third-order valence-corrected chi connectivity index (χ3v) is 6.96. The van der Waals surface area contributed by atoms with E-state index in [2.05, 4.69) is 20.4 Å². The van der Waals surface area contributed by atoms with E-state index in [-0.39, 0.29) is 18.9 Å². The molecule has 2 aliphatic heterocycles. The minimum Gasteiger partial charge on any atom is -0.484 e. The molecule has 2 atom stereocenters. The highest BCUT2D eigenvalue weighted by Crippen LogP contribution is 2.40. The fourth-order valence-electron chi connectivity index (χ4n) is 4.85. The SMILES string of the molecule is O=C(Cc1ccc(N2CCC3(CC2)Oc2ccccc2CC3O)nn1)NCC(O)c1ccccc1. The van der Waals surface area contributed by atoms with E-state index in [1.54, 1.807) is 0 Å². The molecule has 35 heavy (non-hydrogen) atoms. The molecule has 0 saturated carbocycles. The van der Waals surface area contributed by atoms with Gasteiger partial charge in [0.15, 0.2) is 5.82 Å². The standard InChI is InChI=1S/C27H30N4O4/c32-22(19-6-2-1-3-7-19)18-28-26(34)17-21-10-11-25(30-29-21)31-14-12-27(13-15-31)24(33)16-20-8-4-5-9-23(20)35-27/h1-11,22,24,32-33H,12-18H2,(H,28,34). The van der Waals surface area contributed by atoms with E-state index in [1.165, 1.54) is 0 Å². The second kappa shape index (κ2) is 10.0. The van der Waals surface area contributed by atoms with Crippen molar-refractivity contribution in [1.82, 2.24) is 15.5 Å². The van der Waals surface area contributed by atoms with Gasteiger partial charge >= 0.3 is 0 Å². The van der Waals surface area contributed by atoms with Gasteiger partial charge in [0.1, 0.15) is 11.4 Å². The molecule has 5 rings (SSSR count). The Bertz CT molecular complexity index is 1150. The van der Waals surface area contributed by atoms with Crippen molar-refractivity contribution < 1.29 is 19.7 Å². The van der Waals surface area contributed by atoms with Gasteiger partial charge in [0.2, 0.25) is 5.91 Å². The van der Waals surface area contributed by atoms with Crippen molar-refractivity contribution in [3.8, 4) is 5.75 Å². The minimum atomic E-state index is -0.754. The van der Waals surface area contributed by atoms with E-state index in [0.29, 0.717) is 38.0 Å². The molecule has 8 heteroatoms. The van der Waals surface area contributed by atoms with Crippen LogP contribution in [0.3, 0.4) is 0 Å². The molecule has 0 radical (unpaired) electrons. The predicted molar refractivity (Wildman–Crippen MR) is 131 cm³/mol. The maximum atomic E-state index is 12.3. The van der Waals surface area contributed by atoms with Crippen LogP contribution in [0.25, 0.3) is 0 Å². The highest BCUT2D eigenvalue weighted by atomic mass is 16.5. The van der Waals surface area contributed by atoms with Gasteiger partial charge < -0.3 is 25.2 Å². The lowest BCUT2D eigenvalue weighted by atomic mass is 9.80. The fourth-order valence-corrected chi connectivity index (χ4v) is 4.85. The number of hydrogen-bond acceptors (Lipinski definition) is 7. The smallest absolute Gasteiger partial charge is 0.226 e. The summed E-state index contributed by atoms with van der Waals surface area (Å²) in [5.74, 6) is 1.39. The van der Waals surface area contributed by atoms with Crippen LogP contribution in [0.15, 0.2) is 66.7 Å². The Balaban J connectivity index is 1.13. The Morgan fingerprint density at radius 3 is 2.54 bits per heavy atom. The largest absolute Gasteiger partial charge is 0.484 e. The summed E-state index contributed by atoms with van der Waals surface area (Å²) in [4.78, 5) is 14.4. The number of nitrogens with one attached hydrogen (secondary N) is 1. The maximum Gasteiger partial charge on any atom is 0.226 e. The number of anilines is 1. The third-order valence-electron chi connectivity index (χ3n) is 6.96. The number of aliphatic hydroxyl groups excluding tert-OH is 2. The van der Waals surface area contributed by atoms with Crippen LogP contribution in [0.2, 0.25) is 0 Å². The fraction of sp³-hybridized carbons (Fsp3) is 0.370. The lowest BCUT2D eigenvalue weighted by Gasteiger charge is -2.47. The molecule has 3 aromatic rings. The highest BCUT2D eigenvalue weighted by molar-refractivity contribution is 5.78. The van der Waals surface area contributed by atoms with Gasteiger partial charge in [-0.15, -0.1) is 5.10 Å². The Hall–Kier alpha value is -3.49. The third kappa shape index (κ3) is 5.13. The van der Waals surface area contributed by atoms with Crippen molar-refractivity contribution in [2.45, 2.75) is 43.5 Å². The number of aliphatic hydroxyl groups is 2. The number of amides is 1. The van der Waals surface area contributed by atoms with Gasteiger partial charge in [-0.3, -0.25) is 4.79 Å². The zero-order valence-electron chi connectivity index (χ0n) is 19.5. The number of carbonyl (C=O) groups is 1. The average molecular weight is 475 g/mol. The molecule has 1 saturated heterocycles. The van der Waals surface area contributed by atoms with Crippen molar-refractivity contribution in [2.75, 3.05) is 24.5 Å². The lowest BCUT2D eigenvalue weighted by Crippen LogP contribution is -2.57. The number of carbonyl (C=O) groups excluding carboxylic acids is 1. The first kappa shape index (κ1) is 23.3.